The molecule has 0 aliphatic carbocycles. The van der Waals surface area contributed by atoms with E-state index in [-0.39, 0.29) is 5.91 Å². The van der Waals surface area contributed by atoms with Crippen LogP contribution in [0.15, 0.2) is 22.7 Å². The van der Waals surface area contributed by atoms with Gasteiger partial charge in [0, 0.05) is 12.3 Å². The summed E-state index contributed by atoms with van der Waals surface area (Å²) in [6, 6.07) is 3.68. The highest BCUT2D eigenvalue weighted by Crippen LogP contribution is 2.11. The third-order valence-corrected chi connectivity index (χ3v) is 3.66. The van der Waals surface area contributed by atoms with Crippen molar-refractivity contribution >= 4 is 29.0 Å². The fraction of sp³-hybridized carbons (Fsp3) is 0.300. The smallest absolute Gasteiger partial charge is 0.261 e. The van der Waals surface area contributed by atoms with Crippen LogP contribution in [0.25, 0.3) is 0 Å². The Kier molecular flexibility index (Phi) is 4.16. The minimum atomic E-state index is -0.0215. The average molecular weight is 268 g/mol. The standard InChI is InChI=1S/C10H12N4OS2/c1-7-12-10(14-13-7)17-6-4-11-9(15)8-3-2-5-16-8/h2-3,5H,4,6H2,1H3,(H,11,15)(H,12,13,14). The topological polar surface area (TPSA) is 70.7 Å². The summed E-state index contributed by atoms with van der Waals surface area (Å²) >= 11 is 2.96. The SMILES string of the molecule is Cc1nc(SCCNC(=O)c2cccs2)n[nH]1. The van der Waals surface area contributed by atoms with Gasteiger partial charge >= 0.3 is 0 Å². The molecule has 0 bridgehead atoms. The highest BCUT2D eigenvalue weighted by atomic mass is 32.2. The van der Waals surface area contributed by atoms with E-state index in [1.807, 2.05) is 24.4 Å². The quantitative estimate of drug-likeness (QED) is 0.639. The zero-order chi connectivity index (χ0) is 12.1. The third-order valence-electron chi connectivity index (χ3n) is 1.94. The number of H-pyrrole nitrogens is 1. The predicted molar refractivity (Wildman–Crippen MR) is 68.5 cm³/mol. The van der Waals surface area contributed by atoms with Crippen LogP contribution in [0, 0.1) is 6.92 Å². The molecule has 2 heterocycles. The molecule has 1 amide bonds. The molecule has 17 heavy (non-hydrogen) atoms. The number of aromatic nitrogens is 3. The first-order valence-corrected chi connectivity index (χ1v) is 6.96. The van der Waals surface area contributed by atoms with Crippen LogP contribution in [-0.4, -0.2) is 33.4 Å². The van der Waals surface area contributed by atoms with Crippen molar-refractivity contribution in [2.45, 2.75) is 12.1 Å². The molecule has 90 valence electrons. The van der Waals surface area contributed by atoms with E-state index in [4.69, 9.17) is 0 Å². The fourth-order valence-corrected chi connectivity index (χ4v) is 2.53. The molecule has 7 heteroatoms. The molecule has 0 saturated heterocycles. The van der Waals surface area contributed by atoms with E-state index in [9.17, 15) is 4.79 Å². The van der Waals surface area contributed by atoms with Crippen molar-refractivity contribution in [3.05, 3.63) is 28.2 Å². The Hall–Kier alpha value is -1.34. The van der Waals surface area contributed by atoms with Gasteiger partial charge in [-0.25, -0.2) is 4.98 Å². The molecule has 5 nitrogen and oxygen atoms in total. The summed E-state index contributed by atoms with van der Waals surface area (Å²) in [7, 11) is 0. The summed E-state index contributed by atoms with van der Waals surface area (Å²) in [5.74, 6) is 1.54. The van der Waals surface area contributed by atoms with Crippen LogP contribution in [0.3, 0.4) is 0 Å². The summed E-state index contributed by atoms with van der Waals surface area (Å²) in [5.41, 5.74) is 0. The molecule has 0 aromatic carbocycles. The Morgan fingerprint density at radius 3 is 3.18 bits per heavy atom. The number of thioether (sulfide) groups is 1. The molecule has 0 atom stereocenters. The lowest BCUT2D eigenvalue weighted by atomic mass is 10.4. The lowest BCUT2D eigenvalue weighted by Crippen LogP contribution is -2.24. The van der Waals surface area contributed by atoms with E-state index >= 15 is 0 Å². The second-order valence-corrected chi connectivity index (χ2v) is 5.29. The molecule has 0 aliphatic rings. The third kappa shape index (κ3) is 3.57. The highest BCUT2D eigenvalue weighted by Gasteiger charge is 2.05. The van der Waals surface area contributed by atoms with Crippen LogP contribution in [-0.2, 0) is 0 Å². The van der Waals surface area contributed by atoms with Gasteiger partial charge in [-0.05, 0) is 18.4 Å². The van der Waals surface area contributed by atoms with Crippen molar-refractivity contribution in [3.8, 4) is 0 Å². The number of hydrogen-bond donors (Lipinski definition) is 2. The summed E-state index contributed by atoms with van der Waals surface area (Å²) < 4.78 is 0. The van der Waals surface area contributed by atoms with Crippen molar-refractivity contribution in [3.63, 3.8) is 0 Å². The van der Waals surface area contributed by atoms with Crippen LogP contribution in [0.2, 0.25) is 0 Å². The molecule has 2 rings (SSSR count). The van der Waals surface area contributed by atoms with Gasteiger partial charge in [0.2, 0.25) is 5.16 Å². The van der Waals surface area contributed by atoms with Gasteiger partial charge in [0.25, 0.3) is 5.91 Å². The van der Waals surface area contributed by atoms with Gasteiger partial charge in [0.05, 0.1) is 4.88 Å². The lowest BCUT2D eigenvalue weighted by molar-refractivity contribution is 0.0960. The maximum Gasteiger partial charge on any atom is 0.261 e. The molecule has 0 saturated carbocycles. The van der Waals surface area contributed by atoms with Crippen LogP contribution in [0.5, 0.6) is 0 Å². The number of aryl methyl sites for hydroxylation is 1. The fourth-order valence-electron chi connectivity index (χ4n) is 1.19. The van der Waals surface area contributed by atoms with Gasteiger partial charge in [-0.3, -0.25) is 9.89 Å². The van der Waals surface area contributed by atoms with Gasteiger partial charge in [-0.1, -0.05) is 17.8 Å². The number of rotatable bonds is 5. The van der Waals surface area contributed by atoms with Gasteiger partial charge in [-0.15, -0.1) is 16.4 Å². The Morgan fingerprint density at radius 1 is 1.65 bits per heavy atom. The van der Waals surface area contributed by atoms with Gasteiger partial charge in [0.1, 0.15) is 5.82 Å². The van der Waals surface area contributed by atoms with Crippen molar-refractivity contribution in [2.24, 2.45) is 0 Å². The first-order chi connectivity index (χ1) is 8.25. The first kappa shape index (κ1) is 12.1. The number of hydrogen-bond acceptors (Lipinski definition) is 5. The Labute approximate surface area is 107 Å². The number of carbonyl (C=O) groups excluding carboxylic acids is 1. The number of nitrogens with one attached hydrogen (secondary N) is 2. The summed E-state index contributed by atoms with van der Waals surface area (Å²) in [6.45, 7) is 2.46. The molecule has 0 fully saturated rings. The predicted octanol–water partition coefficient (Wildman–Crippen LogP) is 1.70. The second kappa shape index (κ2) is 5.83. The van der Waals surface area contributed by atoms with Crippen LogP contribution in [0.4, 0.5) is 0 Å². The summed E-state index contributed by atoms with van der Waals surface area (Å²) in [4.78, 5) is 16.5. The van der Waals surface area contributed by atoms with Gasteiger partial charge < -0.3 is 5.32 Å². The van der Waals surface area contributed by atoms with E-state index in [2.05, 4.69) is 20.5 Å². The number of carbonyl (C=O) groups is 1. The largest absolute Gasteiger partial charge is 0.350 e. The van der Waals surface area contributed by atoms with E-state index < -0.39 is 0 Å². The van der Waals surface area contributed by atoms with Gasteiger partial charge in [-0.2, -0.15) is 0 Å². The Bertz CT molecular complexity index is 480. The molecule has 0 aliphatic heterocycles. The monoisotopic (exact) mass is 268 g/mol. The Balaban J connectivity index is 1.68. The minimum Gasteiger partial charge on any atom is -0.350 e. The van der Waals surface area contributed by atoms with E-state index in [0.717, 1.165) is 16.5 Å². The van der Waals surface area contributed by atoms with Crippen molar-refractivity contribution in [2.75, 3.05) is 12.3 Å². The van der Waals surface area contributed by atoms with Crippen LogP contribution in [0.1, 0.15) is 15.5 Å². The number of nitrogens with zero attached hydrogens (tertiary/aromatic N) is 2. The first-order valence-electron chi connectivity index (χ1n) is 5.09. The number of aromatic amines is 1. The normalized spacial score (nSPS) is 10.4. The van der Waals surface area contributed by atoms with E-state index in [1.165, 1.54) is 23.1 Å². The van der Waals surface area contributed by atoms with Crippen molar-refractivity contribution in [1.82, 2.24) is 20.5 Å². The summed E-state index contributed by atoms with van der Waals surface area (Å²) in [6.07, 6.45) is 0. The molecular weight excluding hydrogens is 256 g/mol. The molecular formula is C10H12N4OS2. The number of amides is 1. The molecule has 0 spiro atoms. The molecule has 2 aromatic heterocycles. The van der Waals surface area contributed by atoms with Crippen LogP contribution >= 0.6 is 23.1 Å². The molecule has 2 N–H and O–H groups in total. The van der Waals surface area contributed by atoms with E-state index in [0.29, 0.717) is 11.7 Å². The zero-order valence-corrected chi connectivity index (χ0v) is 10.9. The number of thiophene rings is 1. The van der Waals surface area contributed by atoms with Crippen molar-refractivity contribution in [1.29, 1.82) is 0 Å². The maximum absolute atomic E-state index is 11.6. The van der Waals surface area contributed by atoms with Crippen molar-refractivity contribution < 1.29 is 4.79 Å². The average Bonchev–Trinajstić information content (AvgIpc) is 2.95. The van der Waals surface area contributed by atoms with Gasteiger partial charge in [0.15, 0.2) is 0 Å². The van der Waals surface area contributed by atoms with E-state index in [1.54, 1.807) is 0 Å². The van der Waals surface area contributed by atoms with Crippen LogP contribution < -0.4 is 5.32 Å². The molecule has 2 aromatic rings. The minimum absolute atomic E-state index is 0.0215. The molecule has 0 unspecified atom stereocenters. The Morgan fingerprint density at radius 2 is 2.53 bits per heavy atom. The summed E-state index contributed by atoms with van der Waals surface area (Å²) in [5, 5.41) is 12.2. The second-order valence-electron chi connectivity index (χ2n) is 3.29. The lowest BCUT2D eigenvalue weighted by Gasteiger charge is -2.01. The highest BCUT2D eigenvalue weighted by molar-refractivity contribution is 7.99. The zero-order valence-electron chi connectivity index (χ0n) is 9.27. The molecule has 0 radical (unpaired) electrons. The maximum atomic E-state index is 11.6.